The lowest BCUT2D eigenvalue weighted by Gasteiger charge is -2.38. The predicted molar refractivity (Wildman–Crippen MR) is 78.9 cm³/mol. The number of rotatable bonds is 4. The molecular weight excluding hydrogens is 294 g/mol. The number of esters is 1. The lowest BCUT2D eigenvalue weighted by molar-refractivity contribution is -0.149. The van der Waals surface area contributed by atoms with Crippen molar-refractivity contribution in [2.75, 3.05) is 39.3 Å². The van der Waals surface area contributed by atoms with Crippen LogP contribution in [0.25, 0.3) is 0 Å². The average molecular weight is 319 g/mol. The first-order valence-electron chi connectivity index (χ1n) is 7.61. The standard InChI is InChI=1S/C13H25N3O4S/c1-3-20-13(17)12-4-7-15(8-5-12)21(18,19)16-9-6-14-10-11(16)2/h11-12,14H,3-10H2,1-2H3. The second-order valence-electron chi connectivity index (χ2n) is 5.60. The molecule has 0 aromatic heterocycles. The van der Waals surface area contributed by atoms with E-state index in [1.165, 1.54) is 4.31 Å². The summed E-state index contributed by atoms with van der Waals surface area (Å²) in [5.41, 5.74) is 0. The summed E-state index contributed by atoms with van der Waals surface area (Å²) in [5.74, 6) is -0.373. The van der Waals surface area contributed by atoms with Crippen LogP contribution in [0.4, 0.5) is 0 Å². The maximum Gasteiger partial charge on any atom is 0.309 e. The van der Waals surface area contributed by atoms with Crippen molar-refractivity contribution in [1.29, 1.82) is 0 Å². The molecule has 2 heterocycles. The molecule has 2 fully saturated rings. The Bertz CT molecular complexity index is 460. The van der Waals surface area contributed by atoms with E-state index in [9.17, 15) is 13.2 Å². The van der Waals surface area contributed by atoms with Crippen LogP contribution in [0, 0.1) is 5.92 Å². The maximum absolute atomic E-state index is 12.7. The van der Waals surface area contributed by atoms with Crippen molar-refractivity contribution in [2.24, 2.45) is 5.92 Å². The van der Waals surface area contributed by atoms with Crippen LogP contribution in [0.1, 0.15) is 26.7 Å². The van der Waals surface area contributed by atoms with Gasteiger partial charge in [-0.1, -0.05) is 0 Å². The Morgan fingerprint density at radius 3 is 2.52 bits per heavy atom. The Labute approximate surface area is 126 Å². The van der Waals surface area contributed by atoms with Crippen LogP contribution in [0.5, 0.6) is 0 Å². The smallest absolute Gasteiger partial charge is 0.309 e. The Balaban J connectivity index is 1.96. The number of hydrogen-bond acceptors (Lipinski definition) is 5. The summed E-state index contributed by atoms with van der Waals surface area (Å²) < 4.78 is 33.4. The number of nitrogens with one attached hydrogen (secondary N) is 1. The molecule has 1 N–H and O–H groups in total. The van der Waals surface area contributed by atoms with Crippen molar-refractivity contribution in [2.45, 2.75) is 32.7 Å². The zero-order valence-corrected chi connectivity index (χ0v) is 13.6. The quantitative estimate of drug-likeness (QED) is 0.726. The Kier molecular flexibility index (Phi) is 5.59. The van der Waals surface area contributed by atoms with Gasteiger partial charge in [0.15, 0.2) is 0 Å². The van der Waals surface area contributed by atoms with Crippen LogP contribution in [0.3, 0.4) is 0 Å². The van der Waals surface area contributed by atoms with Gasteiger partial charge in [0.2, 0.25) is 0 Å². The van der Waals surface area contributed by atoms with E-state index in [1.54, 1.807) is 11.2 Å². The third kappa shape index (κ3) is 3.74. The highest BCUT2D eigenvalue weighted by molar-refractivity contribution is 7.86. The highest BCUT2D eigenvalue weighted by Crippen LogP contribution is 2.23. The molecule has 0 spiro atoms. The molecule has 8 heteroatoms. The molecule has 0 aromatic carbocycles. The van der Waals surface area contributed by atoms with Gasteiger partial charge in [0.25, 0.3) is 10.2 Å². The van der Waals surface area contributed by atoms with Gasteiger partial charge >= 0.3 is 5.97 Å². The summed E-state index contributed by atoms with van der Waals surface area (Å²) in [4.78, 5) is 11.7. The van der Waals surface area contributed by atoms with Gasteiger partial charge in [0.1, 0.15) is 0 Å². The van der Waals surface area contributed by atoms with Gasteiger partial charge in [0.05, 0.1) is 12.5 Å². The highest BCUT2D eigenvalue weighted by Gasteiger charge is 2.37. The summed E-state index contributed by atoms with van der Waals surface area (Å²) in [6.45, 7) is 6.71. The summed E-state index contributed by atoms with van der Waals surface area (Å²) in [7, 11) is -3.42. The van der Waals surface area contributed by atoms with Gasteiger partial charge < -0.3 is 10.1 Å². The van der Waals surface area contributed by atoms with E-state index in [1.807, 2.05) is 6.92 Å². The third-order valence-corrected chi connectivity index (χ3v) is 6.29. The van der Waals surface area contributed by atoms with Crippen LogP contribution in [-0.2, 0) is 19.7 Å². The number of ether oxygens (including phenoxy) is 1. The Morgan fingerprint density at radius 2 is 1.95 bits per heavy atom. The maximum atomic E-state index is 12.7. The zero-order chi connectivity index (χ0) is 15.5. The van der Waals surface area contributed by atoms with E-state index in [-0.39, 0.29) is 17.9 Å². The van der Waals surface area contributed by atoms with E-state index in [4.69, 9.17) is 4.74 Å². The molecule has 2 aliphatic rings. The number of carbonyl (C=O) groups is 1. The van der Waals surface area contributed by atoms with Gasteiger partial charge in [-0.05, 0) is 26.7 Å². The molecule has 2 saturated heterocycles. The van der Waals surface area contributed by atoms with E-state index in [2.05, 4.69) is 5.32 Å². The first-order chi connectivity index (χ1) is 9.96. The molecular formula is C13H25N3O4S. The molecule has 1 atom stereocenters. The van der Waals surface area contributed by atoms with Crippen molar-refractivity contribution < 1.29 is 17.9 Å². The molecule has 2 rings (SSSR count). The topological polar surface area (TPSA) is 79.0 Å². The fourth-order valence-electron chi connectivity index (χ4n) is 2.90. The number of piperidine rings is 1. The fraction of sp³-hybridized carbons (Fsp3) is 0.923. The van der Waals surface area contributed by atoms with Crippen molar-refractivity contribution in [3.63, 3.8) is 0 Å². The van der Waals surface area contributed by atoms with Crippen LogP contribution in [0.15, 0.2) is 0 Å². The Hall–Kier alpha value is -0.700. The zero-order valence-electron chi connectivity index (χ0n) is 12.7. The van der Waals surface area contributed by atoms with Gasteiger partial charge in [-0.15, -0.1) is 0 Å². The molecule has 0 amide bonds. The first-order valence-corrected chi connectivity index (χ1v) is 9.00. The Morgan fingerprint density at radius 1 is 1.29 bits per heavy atom. The van der Waals surface area contributed by atoms with Gasteiger partial charge in [-0.3, -0.25) is 4.79 Å². The lowest BCUT2D eigenvalue weighted by atomic mass is 9.98. The highest BCUT2D eigenvalue weighted by atomic mass is 32.2. The minimum atomic E-state index is -3.42. The number of nitrogens with zero attached hydrogens (tertiary/aromatic N) is 2. The van der Waals surface area contributed by atoms with Crippen LogP contribution in [-0.4, -0.2) is 68.4 Å². The summed E-state index contributed by atoms with van der Waals surface area (Å²) >= 11 is 0. The SMILES string of the molecule is CCOC(=O)C1CCN(S(=O)(=O)N2CCNCC2C)CC1. The van der Waals surface area contributed by atoms with E-state index in [0.717, 1.165) is 0 Å². The monoisotopic (exact) mass is 319 g/mol. The fourth-order valence-corrected chi connectivity index (χ4v) is 4.72. The van der Waals surface area contributed by atoms with E-state index in [0.29, 0.717) is 52.2 Å². The molecule has 0 aromatic rings. The second kappa shape index (κ2) is 7.04. The van der Waals surface area contributed by atoms with Crippen molar-refractivity contribution >= 4 is 16.2 Å². The van der Waals surface area contributed by atoms with Gasteiger partial charge in [-0.25, -0.2) is 0 Å². The van der Waals surface area contributed by atoms with Gasteiger partial charge in [-0.2, -0.15) is 17.0 Å². The van der Waals surface area contributed by atoms with E-state index >= 15 is 0 Å². The molecule has 0 saturated carbocycles. The molecule has 0 radical (unpaired) electrons. The van der Waals surface area contributed by atoms with Crippen LogP contribution >= 0.6 is 0 Å². The summed E-state index contributed by atoms with van der Waals surface area (Å²) in [5, 5.41) is 3.19. The average Bonchev–Trinajstić information content (AvgIpc) is 2.48. The first kappa shape index (κ1) is 16.7. The summed E-state index contributed by atoms with van der Waals surface area (Å²) in [6.07, 6.45) is 1.08. The minimum absolute atomic E-state index is 0.0356. The molecule has 0 bridgehead atoms. The molecule has 7 nitrogen and oxygen atoms in total. The summed E-state index contributed by atoms with van der Waals surface area (Å²) in [6, 6.07) is -0.0356. The van der Waals surface area contributed by atoms with Crippen LogP contribution < -0.4 is 5.32 Å². The van der Waals surface area contributed by atoms with Crippen molar-refractivity contribution in [1.82, 2.24) is 13.9 Å². The molecule has 1 unspecified atom stereocenters. The normalized spacial score (nSPS) is 26.7. The molecule has 122 valence electrons. The second-order valence-corrected chi connectivity index (χ2v) is 7.48. The third-order valence-electron chi connectivity index (χ3n) is 4.14. The van der Waals surface area contributed by atoms with Crippen LogP contribution in [0.2, 0.25) is 0 Å². The number of hydrogen-bond donors (Lipinski definition) is 1. The van der Waals surface area contributed by atoms with Crippen molar-refractivity contribution in [3.05, 3.63) is 0 Å². The van der Waals surface area contributed by atoms with Crippen molar-refractivity contribution in [3.8, 4) is 0 Å². The predicted octanol–water partition coefficient (Wildman–Crippen LogP) is -0.200. The largest absolute Gasteiger partial charge is 0.466 e. The lowest BCUT2D eigenvalue weighted by Crippen LogP contribution is -2.57. The molecule has 0 aliphatic carbocycles. The molecule has 21 heavy (non-hydrogen) atoms. The molecule has 2 aliphatic heterocycles. The minimum Gasteiger partial charge on any atom is -0.466 e. The van der Waals surface area contributed by atoms with E-state index < -0.39 is 10.2 Å². The number of piperazine rings is 1. The van der Waals surface area contributed by atoms with Gasteiger partial charge in [0, 0.05) is 38.8 Å². The number of carbonyl (C=O) groups excluding carboxylic acids is 1.